The van der Waals surface area contributed by atoms with Crippen molar-refractivity contribution in [2.24, 2.45) is 0 Å². The van der Waals surface area contributed by atoms with Crippen LogP contribution < -0.4 is 4.74 Å². The van der Waals surface area contributed by atoms with Crippen LogP contribution in [0.5, 0.6) is 5.75 Å². The fraction of sp³-hybridized carbons (Fsp3) is 0.292. The minimum Gasteiger partial charge on any atom is -0.435 e. The van der Waals surface area contributed by atoms with Gasteiger partial charge in [0.25, 0.3) is 0 Å². The second kappa shape index (κ2) is 8.15. The average Bonchev–Trinajstić information content (AvgIpc) is 3.30. The zero-order valence-corrected chi connectivity index (χ0v) is 17.9. The number of aromatic nitrogens is 4. The minimum atomic E-state index is -2.98. The Morgan fingerprint density at radius 2 is 1.88 bits per heavy atom. The number of nitrogens with zero attached hydrogens (tertiary/aromatic N) is 4. The van der Waals surface area contributed by atoms with Crippen LogP contribution in [0.2, 0.25) is 0 Å². The summed E-state index contributed by atoms with van der Waals surface area (Å²) in [6.07, 6.45) is 4.07. The van der Waals surface area contributed by atoms with Crippen molar-refractivity contribution in [1.82, 2.24) is 19.4 Å². The summed E-state index contributed by atoms with van der Waals surface area (Å²) in [6, 6.07) is 7.77. The van der Waals surface area contributed by atoms with Crippen LogP contribution in [0.4, 0.5) is 13.2 Å². The first-order valence-electron chi connectivity index (χ1n) is 10.6. The SMILES string of the molecule is CC(C)c1ncc(-c2cn3c4c(nc3cc2F)C(O)CC4c2ccccc2OC(F)F)cn1. The highest BCUT2D eigenvalue weighted by molar-refractivity contribution is 5.65. The summed E-state index contributed by atoms with van der Waals surface area (Å²) in [5.41, 5.74) is 2.61. The molecule has 0 saturated heterocycles. The zero-order chi connectivity index (χ0) is 23.3. The molecule has 4 aromatic rings. The van der Waals surface area contributed by atoms with E-state index in [0.29, 0.717) is 34.0 Å². The lowest BCUT2D eigenvalue weighted by atomic mass is 9.95. The smallest absolute Gasteiger partial charge is 0.387 e. The van der Waals surface area contributed by atoms with Crippen molar-refractivity contribution in [3.8, 4) is 16.9 Å². The fourth-order valence-corrected chi connectivity index (χ4v) is 4.37. The second-order valence-electron chi connectivity index (χ2n) is 8.35. The summed E-state index contributed by atoms with van der Waals surface area (Å²) in [6.45, 7) is 0.961. The first-order valence-corrected chi connectivity index (χ1v) is 10.6. The van der Waals surface area contributed by atoms with Gasteiger partial charge >= 0.3 is 6.61 Å². The van der Waals surface area contributed by atoms with Crippen molar-refractivity contribution in [2.45, 2.75) is 44.8 Å². The molecule has 0 spiro atoms. The van der Waals surface area contributed by atoms with E-state index in [4.69, 9.17) is 4.74 Å². The predicted octanol–water partition coefficient (Wildman–Crippen LogP) is 5.22. The monoisotopic (exact) mass is 454 g/mol. The topological polar surface area (TPSA) is 72.5 Å². The third-order valence-electron chi connectivity index (χ3n) is 5.89. The van der Waals surface area contributed by atoms with E-state index in [-0.39, 0.29) is 23.7 Å². The Balaban J connectivity index is 1.65. The third kappa shape index (κ3) is 3.72. The Labute approximate surface area is 187 Å². The summed E-state index contributed by atoms with van der Waals surface area (Å²) in [7, 11) is 0. The number of alkyl halides is 2. The largest absolute Gasteiger partial charge is 0.435 e. The Kier molecular flexibility index (Phi) is 5.28. The van der Waals surface area contributed by atoms with E-state index in [9.17, 15) is 18.3 Å². The normalized spacial score (nSPS) is 17.8. The van der Waals surface area contributed by atoms with E-state index in [1.807, 2.05) is 13.8 Å². The number of hydrogen-bond donors (Lipinski definition) is 1. The summed E-state index contributed by atoms with van der Waals surface area (Å²) < 4.78 is 47.3. The molecule has 5 rings (SSSR count). The summed E-state index contributed by atoms with van der Waals surface area (Å²) in [4.78, 5) is 13.1. The molecule has 1 aliphatic rings. The minimum absolute atomic E-state index is 0.0347. The number of ether oxygens (including phenoxy) is 1. The summed E-state index contributed by atoms with van der Waals surface area (Å²) in [5, 5.41) is 10.6. The molecule has 170 valence electrons. The van der Waals surface area contributed by atoms with Crippen molar-refractivity contribution < 1.29 is 23.0 Å². The van der Waals surface area contributed by atoms with E-state index in [2.05, 4.69) is 15.0 Å². The van der Waals surface area contributed by atoms with E-state index >= 15 is 0 Å². The van der Waals surface area contributed by atoms with Crippen LogP contribution in [-0.2, 0) is 0 Å². The van der Waals surface area contributed by atoms with Crippen LogP contribution in [0.25, 0.3) is 16.8 Å². The molecule has 2 atom stereocenters. The van der Waals surface area contributed by atoms with Gasteiger partial charge in [0.2, 0.25) is 0 Å². The third-order valence-corrected chi connectivity index (χ3v) is 5.89. The van der Waals surface area contributed by atoms with Crippen molar-refractivity contribution in [1.29, 1.82) is 0 Å². The Morgan fingerprint density at radius 1 is 1.15 bits per heavy atom. The highest BCUT2D eigenvalue weighted by atomic mass is 19.3. The van der Waals surface area contributed by atoms with Crippen LogP contribution in [0.15, 0.2) is 48.9 Å². The molecule has 0 radical (unpaired) electrons. The van der Waals surface area contributed by atoms with Crippen LogP contribution in [0, 0.1) is 5.82 Å². The molecule has 33 heavy (non-hydrogen) atoms. The average molecular weight is 454 g/mol. The standard InChI is InChI=1S/C24H21F3N4O2/c1-12(2)23-28-9-13(10-29-23)16-11-31-20(8-17(16)25)30-21-18(32)7-15(22(21)31)14-5-3-4-6-19(14)33-24(26)27/h3-6,8-12,15,18,24,32H,7H2,1-2H3. The molecular formula is C24H21F3N4O2. The maximum absolute atomic E-state index is 15.0. The lowest BCUT2D eigenvalue weighted by molar-refractivity contribution is -0.0506. The molecule has 3 heterocycles. The molecule has 6 nitrogen and oxygen atoms in total. The van der Waals surface area contributed by atoms with Gasteiger partial charge < -0.3 is 14.2 Å². The van der Waals surface area contributed by atoms with Gasteiger partial charge in [0.15, 0.2) is 0 Å². The number of fused-ring (bicyclic) bond motifs is 3. The molecule has 0 fully saturated rings. The molecule has 0 bridgehead atoms. The highest BCUT2D eigenvalue weighted by Gasteiger charge is 2.37. The van der Waals surface area contributed by atoms with Crippen molar-refractivity contribution in [3.05, 3.63) is 77.5 Å². The summed E-state index contributed by atoms with van der Waals surface area (Å²) >= 11 is 0. The quantitative estimate of drug-likeness (QED) is 0.447. The maximum atomic E-state index is 15.0. The molecule has 3 aromatic heterocycles. The number of aliphatic hydroxyl groups is 1. The number of aliphatic hydroxyl groups excluding tert-OH is 1. The number of halogens is 3. The van der Waals surface area contributed by atoms with Gasteiger partial charge in [-0.25, -0.2) is 19.3 Å². The van der Waals surface area contributed by atoms with Crippen molar-refractivity contribution >= 4 is 5.65 Å². The molecule has 0 saturated carbocycles. The summed E-state index contributed by atoms with van der Waals surface area (Å²) in [5.74, 6) is -0.131. The second-order valence-corrected chi connectivity index (χ2v) is 8.35. The molecular weight excluding hydrogens is 433 g/mol. The molecule has 1 aromatic carbocycles. The van der Waals surface area contributed by atoms with Gasteiger partial charge in [0, 0.05) is 53.2 Å². The van der Waals surface area contributed by atoms with Crippen molar-refractivity contribution in [3.63, 3.8) is 0 Å². The predicted molar refractivity (Wildman–Crippen MR) is 115 cm³/mol. The number of pyridine rings is 1. The number of hydrogen-bond acceptors (Lipinski definition) is 5. The highest BCUT2D eigenvalue weighted by Crippen LogP contribution is 2.47. The van der Waals surface area contributed by atoms with Crippen molar-refractivity contribution in [2.75, 3.05) is 0 Å². The van der Waals surface area contributed by atoms with E-state index in [1.165, 1.54) is 12.1 Å². The van der Waals surface area contributed by atoms with Gasteiger partial charge in [0.1, 0.15) is 23.0 Å². The molecule has 9 heteroatoms. The van der Waals surface area contributed by atoms with E-state index in [1.54, 1.807) is 41.2 Å². The van der Waals surface area contributed by atoms with Gasteiger partial charge in [-0.15, -0.1) is 0 Å². The lowest BCUT2D eigenvalue weighted by Gasteiger charge is -2.17. The Morgan fingerprint density at radius 3 is 2.58 bits per heavy atom. The van der Waals surface area contributed by atoms with E-state index < -0.39 is 24.5 Å². The number of benzene rings is 1. The van der Waals surface area contributed by atoms with Gasteiger partial charge in [-0.3, -0.25) is 0 Å². The first kappa shape index (κ1) is 21.4. The molecule has 0 amide bonds. The molecule has 2 unspecified atom stereocenters. The first-order chi connectivity index (χ1) is 15.8. The van der Waals surface area contributed by atoms with Gasteiger partial charge in [-0.05, 0) is 12.5 Å². The van der Waals surface area contributed by atoms with Crippen LogP contribution in [-0.4, -0.2) is 31.1 Å². The van der Waals surface area contributed by atoms with Gasteiger partial charge in [0.05, 0.1) is 17.5 Å². The van der Waals surface area contributed by atoms with Gasteiger partial charge in [-0.1, -0.05) is 32.0 Å². The van der Waals surface area contributed by atoms with Crippen LogP contribution >= 0.6 is 0 Å². The fourth-order valence-electron chi connectivity index (χ4n) is 4.37. The zero-order valence-electron chi connectivity index (χ0n) is 17.9. The molecule has 1 aliphatic carbocycles. The Bertz CT molecular complexity index is 1320. The number of para-hydroxylation sites is 1. The van der Waals surface area contributed by atoms with Crippen LogP contribution in [0.1, 0.15) is 61.0 Å². The number of imidazole rings is 1. The maximum Gasteiger partial charge on any atom is 0.387 e. The van der Waals surface area contributed by atoms with Crippen LogP contribution in [0.3, 0.4) is 0 Å². The molecule has 1 N–H and O–H groups in total. The molecule has 0 aliphatic heterocycles. The van der Waals surface area contributed by atoms with Gasteiger partial charge in [-0.2, -0.15) is 8.78 Å². The van der Waals surface area contributed by atoms with E-state index in [0.717, 1.165) is 0 Å². The lowest BCUT2D eigenvalue weighted by Crippen LogP contribution is -2.08. The number of rotatable bonds is 5. The Hall–Kier alpha value is -3.46.